The molecule has 0 radical (unpaired) electrons. The number of nitrogens with zero attached hydrogens (tertiary/aromatic N) is 2. The van der Waals surface area contributed by atoms with Crippen LogP contribution in [0, 0.1) is 0 Å². The third-order valence-corrected chi connectivity index (χ3v) is 7.05. The number of nitrogens with one attached hydrogen (secondary N) is 1. The molecule has 0 unspecified atom stereocenters. The predicted octanol–water partition coefficient (Wildman–Crippen LogP) is 5.08. The predicted molar refractivity (Wildman–Crippen MR) is 130 cm³/mol. The van der Waals surface area contributed by atoms with Crippen molar-refractivity contribution in [2.45, 2.75) is 70.8 Å². The molecule has 2 amide bonds. The normalized spacial score (nSPS) is 21.4. The number of rotatable bonds is 5. The highest BCUT2D eigenvalue weighted by Gasteiger charge is 2.31. The summed E-state index contributed by atoms with van der Waals surface area (Å²) in [5.41, 5.74) is 3.97. The average Bonchev–Trinajstić information content (AvgIpc) is 3.24. The van der Waals surface area contributed by atoms with Crippen molar-refractivity contribution in [3.05, 3.63) is 52.2 Å². The van der Waals surface area contributed by atoms with Crippen LogP contribution in [0.3, 0.4) is 0 Å². The van der Waals surface area contributed by atoms with E-state index in [-0.39, 0.29) is 23.8 Å². The third-order valence-electron chi connectivity index (χ3n) is 6.71. The SMILES string of the molecule is CC(C)NC(=O)C[C@H]1CCCN(C(=O)C2=C(Cl)C=C(N3CCCC3)CC2)c2ccccc21. The maximum atomic E-state index is 13.6. The number of fused-ring (bicyclic) bond motifs is 1. The summed E-state index contributed by atoms with van der Waals surface area (Å²) in [6.45, 7) is 6.78. The summed E-state index contributed by atoms with van der Waals surface area (Å²) < 4.78 is 0. The summed E-state index contributed by atoms with van der Waals surface area (Å²) in [6, 6.07) is 8.17. The van der Waals surface area contributed by atoms with Gasteiger partial charge in [0.25, 0.3) is 5.91 Å². The highest BCUT2D eigenvalue weighted by Crippen LogP contribution is 2.38. The molecule has 4 rings (SSSR count). The number of anilines is 1. The Hall–Kier alpha value is -2.27. The van der Waals surface area contributed by atoms with Gasteiger partial charge in [0.05, 0.1) is 5.03 Å². The summed E-state index contributed by atoms with van der Waals surface area (Å²) in [7, 11) is 0. The van der Waals surface area contributed by atoms with E-state index >= 15 is 0 Å². The van der Waals surface area contributed by atoms with Gasteiger partial charge in [-0.1, -0.05) is 29.8 Å². The molecule has 1 aromatic rings. The molecule has 32 heavy (non-hydrogen) atoms. The molecular weight excluding hydrogens is 422 g/mol. The molecule has 1 aromatic carbocycles. The van der Waals surface area contributed by atoms with Crippen LogP contribution in [0.25, 0.3) is 0 Å². The van der Waals surface area contributed by atoms with Gasteiger partial charge < -0.3 is 15.1 Å². The molecule has 5 nitrogen and oxygen atoms in total. The van der Waals surface area contributed by atoms with Crippen LogP contribution >= 0.6 is 11.6 Å². The number of benzene rings is 1. The second-order valence-corrected chi connectivity index (χ2v) is 9.84. The minimum absolute atomic E-state index is 0.00598. The van der Waals surface area contributed by atoms with Gasteiger partial charge in [0.1, 0.15) is 0 Å². The highest BCUT2D eigenvalue weighted by atomic mass is 35.5. The number of halogens is 1. The van der Waals surface area contributed by atoms with Gasteiger partial charge in [-0.05, 0) is 76.0 Å². The summed E-state index contributed by atoms with van der Waals surface area (Å²) >= 11 is 6.66. The fourth-order valence-corrected chi connectivity index (χ4v) is 5.48. The van der Waals surface area contributed by atoms with Crippen molar-refractivity contribution < 1.29 is 9.59 Å². The Morgan fingerprint density at radius 2 is 1.84 bits per heavy atom. The zero-order valence-electron chi connectivity index (χ0n) is 19.2. The number of allylic oxidation sites excluding steroid dienone is 3. The molecule has 0 aromatic heterocycles. The van der Waals surface area contributed by atoms with E-state index in [9.17, 15) is 9.59 Å². The van der Waals surface area contributed by atoms with Gasteiger partial charge in [-0.2, -0.15) is 0 Å². The first-order valence-electron chi connectivity index (χ1n) is 12.0. The van der Waals surface area contributed by atoms with Crippen molar-refractivity contribution in [1.29, 1.82) is 0 Å². The highest BCUT2D eigenvalue weighted by molar-refractivity contribution is 6.34. The van der Waals surface area contributed by atoms with Crippen LogP contribution in [0.5, 0.6) is 0 Å². The lowest BCUT2D eigenvalue weighted by Gasteiger charge is -2.29. The molecule has 2 heterocycles. The maximum absolute atomic E-state index is 13.6. The van der Waals surface area contributed by atoms with Crippen LogP contribution in [-0.2, 0) is 9.59 Å². The largest absolute Gasteiger partial charge is 0.375 e. The standard InChI is InChI=1S/C26H34ClN3O2/c1-18(2)28-25(31)16-19-8-7-15-30(24-10-4-3-9-21(19)24)26(32)22-12-11-20(17-23(22)27)29-13-5-6-14-29/h3-4,9-10,17-19H,5-8,11-16H2,1-2H3,(H,28,31)/t19-/m1/s1. The third kappa shape index (κ3) is 5.03. The van der Waals surface area contributed by atoms with Crippen molar-refractivity contribution >= 4 is 29.1 Å². The number of amides is 2. The molecular formula is C26H34ClN3O2. The van der Waals surface area contributed by atoms with E-state index in [0.29, 0.717) is 30.0 Å². The smallest absolute Gasteiger partial charge is 0.255 e. The van der Waals surface area contributed by atoms with Crippen LogP contribution in [-0.4, -0.2) is 42.4 Å². The van der Waals surface area contributed by atoms with E-state index in [4.69, 9.17) is 11.6 Å². The molecule has 1 atom stereocenters. The lowest BCUT2D eigenvalue weighted by molar-refractivity contribution is -0.122. The minimum Gasteiger partial charge on any atom is -0.375 e. The van der Waals surface area contributed by atoms with E-state index in [0.717, 1.165) is 43.6 Å². The topological polar surface area (TPSA) is 52.7 Å². The number of hydrogen-bond acceptors (Lipinski definition) is 3. The number of carbonyl (C=O) groups excluding carboxylic acids is 2. The fourth-order valence-electron chi connectivity index (χ4n) is 5.18. The summed E-state index contributed by atoms with van der Waals surface area (Å²) in [5.74, 6) is 0.184. The Bertz CT molecular complexity index is 931. The molecule has 0 saturated carbocycles. The number of carbonyl (C=O) groups is 2. The summed E-state index contributed by atoms with van der Waals surface area (Å²) in [5, 5.41) is 3.59. The van der Waals surface area contributed by atoms with E-state index in [2.05, 4.69) is 16.3 Å². The van der Waals surface area contributed by atoms with Crippen LogP contribution in [0.2, 0.25) is 0 Å². The molecule has 3 aliphatic rings. The van der Waals surface area contributed by atoms with Gasteiger partial charge in [0, 0.05) is 49.1 Å². The first-order valence-corrected chi connectivity index (χ1v) is 12.4. The molecule has 0 spiro atoms. The van der Waals surface area contributed by atoms with Gasteiger partial charge in [-0.25, -0.2) is 0 Å². The molecule has 1 saturated heterocycles. The molecule has 0 bridgehead atoms. The Labute approximate surface area is 196 Å². The van der Waals surface area contributed by atoms with Crippen LogP contribution in [0.15, 0.2) is 46.6 Å². The van der Waals surface area contributed by atoms with Gasteiger partial charge in [-0.15, -0.1) is 0 Å². The summed E-state index contributed by atoms with van der Waals surface area (Å²) in [4.78, 5) is 30.4. The zero-order chi connectivity index (χ0) is 22.7. The van der Waals surface area contributed by atoms with Crippen molar-refractivity contribution in [1.82, 2.24) is 10.2 Å². The van der Waals surface area contributed by atoms with Crippen molar-refractivity contribution in [3.8, 4) is 0 Å². The molecule has 2 aliphatic heterocycles. The Morgan fingerprint density at radius 1 is 1.09 bits per heavy atom. The minimum atomic E-state index is 0.00598. The molecule has 6 heteroatoms. The number of hydrogen-bond donors (Lipinski definition) is 1. The average molecular weight is 456 g/mol. The van der Waals surface area contributed by atoms with Crippen LogP contribution in [0.4, 0.5) is 5.69 Å². The Kier molecular flexibility index (Phi) is 7.24. The summed E-state index contributed by atoms with van der Waals surface area (Å²) in [6.07, 6.45) is 8.20. The van der Waals surface area contributed by atoms with Crippen molar-refractivity contribution in [2.24, 2.45) is 0 Å². The van der Waals surface area contributed by atoms with Crippen molar-refractivity contribution in [2.75, 3.05) is 24.5 Å². The quantitative estimate of drug-likeness (QED) is 0.673. The van der Waals surface area contributed by atoms with Gasteiger partial charge in [0.2, 0.25) is 5.91 Å². The molecule has 1 fully saturated rings. The van der Waals surface area contributed by atoms with Gasteiger partial charge in [0.15, 0.2) is 0 Å². The monoisotopic (exact) mass is 455 g/mol. The number of likely N-dealkylation sites (tertiary alicyclic amines) is 1. The second kappa shape index (κ2) is 10.1. The van der Waals surface area contributed by atoms with Crippen molar-refractivity contribution in [3.63, 3.8) is 0 Å². The fraction of sp³-hybridized carbons (Fsp3) is 0.538. The van der Waals surface area contributed by atoms with Gasteiger partial charge in [-0.3, -0.25) is 9.59 Å². The van der Waals surface area contributed by atoms with E-state index < -0.39 is 0 Å². The molecule has 172 valence electrons. The number of para-hydroxylation sites is 1. The van der Waals surface area contributed by atoms with Crippen LogP contribution in [0.1, 0.15) is 70.3 Å². The first kappa shape index (κ1) is 22.9. The lowest BCUT2D eigenvalue weighted by atomic mass is 9.90. The second-order valence-electron chi connectivity index (χ2n) is 9.44. The van der Waals surface area contributed by atoms with E-state index in [1.54, 1.807) is 0 Å². The first-order chi connectivity index (χ1) is 15.4. The Morgan fingerprint density at radius 3 is 2.56 bits per heavy atom. The van der Waals surface area contributed by atoms with Crippen LogP contribution < -0.4 is 10.2 Å². The zero-order valence-corrected chi connectivity index (χ0v) is 20.0. The Balaban J connectivity index is 1.57. The van der Waals surface area contributed by atoms with E-state index in [1.807, 2.05) is 43.0 Å². The van der Waals surface area contributed by atoms with Gasteiger partial charge >= 0.3 is 0 Å². The molecule has 1 N–H and O–H groups in total. The maximum Gasteiger partial charge on any atom is 0.255 e. The van der Waals surface area contributed by atoms with E-state index in [1.165, 1.54) is 18.5 Å². The molecule has 1 aliphatic carbocycles. The lowest BCUT2D eigenvalue weighted by Crippen LogP contribution is -2.34.